The van der Waals surface area contributed by atoms with Crippen molar-refractivity contribution in [2.45, 2.75) is 123 Å². The highest BCUT2D eigenvalue weighted by Crippen LogP contribution is 2.20. The molecule has 0 saturated carbocycles. The maximum absolute atomic E-state index is 12.2. The molecule has 0 bridgehead atoms. The third-order valence-corrected chi connectivity index (χ3v) is 4.97. The Kier molecular flexibility index (Phi) is 18.3. The normalized spacial score (nSPS) is 12.3. The minimum absolute atomic E-state index is 0.231. The van der Waals surface area contributed by atoms with Crippen LogP contribution in [-0.2, 0) is 9.74 Å². The fourth-order valence-corrected chi connectivity index (χ4v) is 3.32. The van der Waals surface area contributed by atoms with E-state index in [9.17, 15) is 9.32 Å². The molecule has 0 aliphatic rings. The lowest BCUT2D eigenvalue weighted by atomic mass is 9.94. The summed E-state index contributed by atoms with van der Waals surface area (Å²) < 4.78 is 12.2. The minimum atomic E-state index is -0.654. The average Bonchev–Trinajstić information content (AvgIpc) is 2.60. The smallest absolute Gasteiger partial charge is 0.255 e. The van der Waals surface area contributed by atoms with E-state index in [1.807, 2.05) is 0 Å². The van der Waals surface area contributed by atoms with Crippen molar-refractivity contribution in [2.24, 2.45) is 5.92 Å². The zero-order chi connectivity index (χ0) is 17.9. The SMILES string of the molecule is CCCCCCCCCCCCCC(CCCCCC)C(=O)OF. The number of unbranched alkanes of at least 4 members (excludes halogenated alkanes) is 13. The molecule has 0 aromatic carbocycles. The molecule has 1 atom stereocenters. The highest BCUT2D eigenvalue weighted by atomic mass is 19.3. The Morgan fingerprint density at radius 3 is 1.38 bits per heavy atom. The first kappa shape index (κ1) is 23.4. The molecule has 0 aliphatic carbocycles. The van der Waals surface area contributed by atoms with Crippen LogP contribution in [0.5, 0.6) is 0 Å². The molecule has 0 amide bonds. The third-order valence-electron chi connectivity index (χ3n) is 4.97. The molecule has 2 nitrogen and oxygen atoms in total. The molecule has 0 aromatic rings. The van der Waals surface area contributed by atoms with Gasteiger partial charge in [0, 0.05) is 4.53 Å². The molecule has 3 heteroatoms. The van der Waals surface area contributed by atoms with Crippen LogP contribution in [0.4, 0.5) is 4.53 Å². The van der Waals surface area contributed by atoms with Gasteiger partial charge in [0.1, 0.15) is 0 Å². The molecule has 0 saturated heterocycles. The first-order chi connectivity index (χ1) is 11.8. The summed E-state index contributed by atoms with van der Waals surface area (Å²) in [5.74, 6) is -0.885. The second kappa shape index (κ2) is 18.7. The summed E-state index contributed by atoms with van der Waals surface area (Å²) in [5, 5.41) is 0. The molecule has 0 spiro atoms. The molecule has 0 rings (SSSR count). The predicted molar refractivity (Wildman–Crippen MR) is 101 cm³/mol. The number of carbonyl (C=O) groups is 1. The van der Waals surface area contributed by atoms with Gasteiger partial charge < -0.3 is 0 Å². The maximum Gasteiger partial charge on any atom is 0.351 e. The van der Waals surface area contributed by atoms with Crippen LogP contribution in [0.15, 0.2) is 0 Å². The fraction of sp³-hybridized carbons (Fsp3) is 0.952. The first-order valence-electron chi connectivity index (χ1n) is 10.6. The van der Waals surface area contributed by atoms with Gasteiger partial charge in [-0.3, -0.25) is 4.94 Å². The van der Waals surface area contributed by atoms with Crippen molar-refractivity contribution >= 4 is 5.97 Å². The molecule has 0 fully saturated rings. The first-order valence-corrected chi connectivity index (χ1v) is 10.6. The Morgan fingerprint density at radius 2 is 1.00 bits per heavy atom. The van der Waals surface area contributed by atoms with Crippen molar-refractivity contribution in [1.82, 2.24) is 0 Å². The van der Waals surface area contributed by atoms with Crippen LogP contribution in [-0.4, -0.2) is 5.97 Å². The van der Waals surface area contributed by atoms with E-state index in [0.29, 0.717) is 0 Å². The van der Waals surface area contributed by atoms with Crippen LogP contribution >= 0.6 is 0 Å². The van der Waals surface area contributed by atoms with Crippen molar-refractivity contribution < 1.29 is 14.3 Å². The van der Waals surface area contributed by atoms with Gasteiger partial charge >= 0.3 is 5.97 Å². The van der Waals surface area contributed by atoms with Gasteiger partial charge in [-0.15, -0.1) is 0 Å². The second-order valence-corrected chi connectivity index (χ2v) is 7.27. The Bertz CT molecular complexity index is 269. The molecule has 0 radical (unpaired) electrons. The van der Waals surface area contributed by atoms with Crippen LogP contribution in [0.2, 0.25) is 0 Å². The van der Waals surface area contributed by atoms with E-state index in [1.54, 1.807) is 0 Å². The van der Waals surface area contributed by atoms with E-state index in [0.717, 1.165) is 38.5 Å². The lowest BCUT2D eigenvalue weighted by molar-refractivity contribution is -0.189. The number of carbonyl (C=O) groups excluding carboxylic acids is 1. The molecular weight excluding hydrogens is 303 g/mol. The molecular formula is C21H41FO2. The van der Waals surface area contributed by atoms with Crippen molar-refractivity contribution in [3.05, 3.63) is 0 Å². The summed E-state index contributed by atoms with van der Waals surface area (Å²) in [6.45, 7) is 4.42. The van der Waals surface area contributed by atoms with E-state index >= 15 is 0 Å². The van der Waals surface area contributed by atoms with Gasteiger partial charge in [0.2, 0.25) is 0 Å². The quantitative estimate of drug-likeness (QED) is 0.238. The van der Waals surface area contributed by atoms with Gasteiger partial charge in [-0.1, -0.05) is 110 Å². The van der Waals surface area contributed by atoms with Gasteiger partial charge in [-0.05, 0) is 12.8 Å². The van der Waals surface area contributed by atoms with Crippen LogP contribution in [0.3, 0.4) is 0 Å². The summed E-state index contributed by atoms with van der Waals surface area (Å²) in [6.07, 6.45) is 20.3. The monoisotopic (exact) mass is 344 g/mol. The van der Waals surface area contributed by atoms with E-state index < -0.39 is 5.97 Å². The zero-order valence-electron chi connectivity index (χ0n) is 16.3. The summed E-state index contributed by atoms with van der Waals surface area (Å²) in [7, 11) is 0. The van der Waals surface area contributed by atoms with Crippen molar-refractivity contribution in [2.75, 3.05) is 0 Å². The van der Waals surface area contributed by atoms with Gasteiger partial charge in [0.05, 0.1) is 5.92 Å². The molecule has 0 aromatic heterocycles. The van der Waals surface area contributed by atoms with Crippen molar-refractivity contribution in [3.8, 4) is 0 Å². The van der Waals surface area contributed by atoms with Gasteiger partial charge in [-0.2, -0.15) is 0 Å². The zero-order valence-corrected chi connectivity index (χ0v) is 16.3. The van der Waals surface area contributed by atoms with Crippen LogP contribution < -0.4 is 0 Å². The minimum Gasteiger partial charge on any atom is -0.255 e. The third kappa shape index (κ3) is 15.0. The highest BCUT2D eigenvalue weighted by molar-refractivity contribution is 5.71. The number of halogens is 1. The van der Waals surface area contributed by atoms with Gasteiger partial charge in [-0.25, -0.2) is 4.79 Å². The second-order valence-electron chi connectivity index (χ2n) is 7.27. The van der Waals surface area contributed by atoms with Crippen LogP contribution in [0.25, 0.3) is 0 Å². The lowest BCUT2D eigenvalue weighted by Gasteiger charge is -2.12. The van der Waals surface area contributed by atoms with E-state index in [2.05, 4.69) is 18.8 Å². The Morgan fingerprint density at radius 1 is 0.667 bits per heavy atom. The Balaban J connectivity index is 3.53. The Hall–Kier alpha value is -0.600. The molecule has 0 N–H and O–H groups in total. The largest absolute Gasteiger partial charge is 0.351 e. The molecule has 144 valence electrons. The number of hydrogen-bond donors (Lipinski definition) is 0. The summed E-state index contributed by atoms with van der Waals surface area (Å²) in [5.41, 5.74) is 0. The molecule has 0 heterocycles. The Labute approximate surface area is 149 Å². The van der Waals surface area contributed by atoms with Crippen LogP contribution in [0, 0.1) is 5.92 Å². The maximum atomic E-state index is 12.2. The van der Waals surface area contributed by atoms with E-state index in [4.69, 9.17) is 0 Å². The molecule has 1 unspecified atom stereocenters. The fourth-order valence-electron chi connectivity index (χ4n) is 3.32. The van der Waals surface area contributed by atoms with E-state index in [1.165, 1.54) is 70.6 Å². The summed E-state index contributed by atoms with van der Waals surface area (Å²) in [6, 6.07) is 0. The van der Waals surface area contributed by atoms with E-state index in [-0.39, 0.29) is 5.92 Å². The van der Waals surface area contributed by atoms with Gasteiger partial charge in [0.25, 0.3) is 0 Å². The molecule has 24 heavy (non-hydrogen) atoms. The van der Waals surface area contributed by atoms with Crippen molar-refractivity contribution in [3.63, 3.8) is 0 Å². The summed E-state index contributed by atoms with van der Waals surface area (Å²) in [4.78, 5) is 15.0. The topological polar surface area (TPSA) is 26.3 Å². The van der Waals surface area contributed by atoms with Gasteiger partial charge in [0.15, 0.2) is 0 Å². The highest BCUT2D eigenvalue weighted by Gasteiger charge is 2.20. The predicted octanol–water partition coefficient (Wildman–Crippen LogP) is 7.70. The average molecular weight is 345 g/mol. The summed E-state index contributed by atoms with van der Waals surface area (Å²) >= 11 is 0. The van der Waals surface area contributed by atoms with Crippen molar-refractivity contribution in [1.29, 1.82) is 0 Å². The lowest BCUT2D eigenvalue weighted by Crippen LogP contribution is -2.15. The number of hydrogen-bond acceptors (Lipinski definition) is 2. The standard InChI is InChI=1S/C21H41FO2/c1-3-5-7-9-10-11-12-13-14-15-17-19-20(21(23)24-22)18-16-8-6-4-2/h20H,3-19H2,1-2H3. The molecule has 0 aliphatic heterocycles. The number of rotatable bonds is 18. The van der Waals surface area contributed by atoms with Crippen LogP contribution in [0.1, 0.15) is 123 Å².